The number of hydrogen-bond acceptors (Lipinski definition) is 2. The molecule has 2 aliphatic rings. The zero-order chi connectivity index (χ0) is 19.9. The van der Waals surface area contributed by atoms with Gasteiger partial charge in [-0.2, -0.15) is 0 Å². The van der Waals surface area contributed by atoms with Crippen LogP contribution in [0.15, 0.2) is 42.0 Å². The number of likely N-dealkylation sites (tertiary alicyclic amines) is 1. The molecule has 2 heteroatoms. The first-order valence-corrected chi connectivity index (χ1v) is 10.3. The predicted octanol–water partition coefficient (Wildman–Crippen LogP) is 6.88. The van der Waals surface area contributed by atoms with Crippen molar-refractivity contribution in [3.8, 4) is 0 Å². The minimum atomic E-state index is -0.0831. The largest absolute Gasteiger partial charge is 0.365 e. The molecule has 0 amide bonds. The van der Waals surface area contributed by atoms with Crippen LogP contribution >= 0.6 is 0 Å². The second-order valence-electron chi connectivity index (χ2n) is 5.28. The number of nitrogens with zero attached hydrogens (tertiary/aromatic N) is 1. The molecule has 2 nitrogen and oxygen atoms in total. The standard InChI is InChI=1S/C15H19NO.4C2H6/c1-12-10-15(17-11-12)8-9-16(2)14(15)13-6-4-3-5-7-13;4*1-2/h3-7,10,14H,8-9,11H2,1-2H3;4*1-2H3. The summed E-state index contributed by atoms with van der Waals surface area (Å²) in [6.45, 7) is 20.1. The third kappa shape index (κ3) is 6.95. The van der Waals surface area contributed by atoms with Crippen molar-refractivity contribution >= 4 is 0 Å². The van der Waals surface area contributed by atoms with Gasteiger partial charge in [0.25, 0.3) is 0 Å². The predicted molar refractivity (Wildman–Crippen MR) is 114 cm³/mol. The quantitative estimate of drug-likeness (QED) is 0.512. The normalized spacial score (nSPS) is 23.6. The highest BCUT2D eigenvalue weighted by molar-refractivity contribution is 5.31. The SMILES string of the molecule is CC.CC.CC.CC.CC1=CC2(CCN(C)C2c2ccccc2)OC1. The summed E-state index contributed by atoms with van der Waals surface area (Å²) in [5.74, 6) is 0. The lowest BCUT2D eigenvalue weighted by Crippen LogP contribution is -2.34. The third-order valence-corrected chi connectivity index (χ3v) is 3.93. The maximum absolute atomic E-state index is 6.12. The molecule has 1 aromatic rings. The molecule has 2 atom stereocenters. The summed E-state index contributed by atoms with van der Waals surface area (Å²) >= 11 is 0. The number of rotatable bonds is 1. The summed E-state index contributed by atoms with van der Waals surface area (Å²) in [6, 6.07) is 11.1. The molecule has 0 aliphatic carbocycles. The Morgan fingerprint density at radius 2 is 1.44 bits per heavy atom. The first-order valence-electron chi connectivity index (χ1n) is 10.3. The lowest BCUT2D eigenvalue weighted by atomic mass is 9.88. The van der Waals surface area contributed by atoms with Gasteiger partial charge in [0.05, 0.1) is 12.6 Å². The summed E-state index contributed by atoms with van der Waals surface area (Å²) < 4.78 is 6.12. The molecule has 2 aliphatic heterocycles. The van der Waals surface area contributed by atoms with Crippen molar-refractivity contribution in [3.63, 3.8) is 0 Å². The molecule has 0 bridgehead atoms. The van der Waals surface area contributed by atoms with Crippen LogP contribution in [0.3, 0.4) is 0 Å². The fourth-order valence-corrected chi connectivity index (χ4v) is 3.21. The first-order chi connectivity index (χ1) is 12.2. The van der Waals surface area contributed by atoms with Crippen LogP contribution in [0.2, 0.25) is 0 Å². The topological polar surface area (TPSA) is 12.5 Å². The van der Waals surface area contributed by atoms with Gasteiger partial charge in [0.2, 0.25) is 0 Å². The molecule has 0 saturated carbocycles. The number of hydrogen-bond donors (Lipinski definition) is 0. The average molecular weight is 350 g/mol. The molecule has 0 aromatic heterocycles. The van der Waals surface area contributed by atoms with E-state index in [9.17, 15) is 0 Å². The third-order valence-electron chi connectivity index (χ3n) is 3.93. The highest BCUT2D eigenvalue weighted by Gasteiger charge is 2.48. The van der Waals surface area contributed by atoms with Crippen molar-refractivity contribution in [2.24, 2.45) is 0 Å². The first kappa shape index (κ1) is 26.1. The lowest BCUT2D eigenvalue weighted by Gasteiger charge is -2.32. The molecular formula is C23H43NO. The summed E-state index contributed by atoms with van der Waals surface area (Å²) in [5.41, 5.74) is 2.64. The fraction of sp³-hybridized carbons (Fsp3) is 0.652. The monoisotopic (exact) mass is 349 g/mol. The Hall–Kier alpha value is -1.12. The van der Waals surface area contributed by atoms with E-state index >= 15 is 0 Å². The van der Waals surface area contributed by atoms with Crippen LogP contribution in [0.25, 0.3) is 0 Å². The molecule has 1 saturated heterocycles. The summed E-state index contributed by atoms with van der Waals surface area (Å²) in [4.78, 5) is 2.41. The van der Waals surface area contributed by atoms with Crippen LogP contribution < -0.4 is 0 Å². The highest BCUT2D eigenvalue weighted by atomic mass is 16.5. The van der Waals surface area contributed by atoms with Gasteiger partial charge in [0.1, 0.15) is 5.60 Å². The van der Waals surface area contributed by atoms with Gasteiger partial charge in [-0.25, -0.2) is 0 Å². The Balaban J connectivity index is 0. The Kier molecular flexibility index (Phi) is 15.8. The van der Waals surface area contributed by atoms with E-state index in [4.69, 9.17) is 4.74 Å². The van der Waals surface area contributed by atoms with E-state index in [-0.39, 0.29) is 5.60 Å². The van der Waals surface area contributed by atoms with Gasteiger partial charge in [0, 0.05) is 6.54 Å². The van der Waals surface area contributed by atoms with Crippen LogP contribution in [-0.2, 0) is 4.74 Å². The molecule has 1 spiro atoms. The number of benzene rings is 1. The minimum Gasteiger partial charge on any atom is -0.365 e. The molecule has 2 unspecified atom stereocenters. The van der Waals surface area contributed by atoms with Crippen LogP contribution in [0.5, 0.6) is 0 Å². The van der Waals surface area contributed by atoms with Crippen molar-refractivity contribution in [3.05, 3.63) is 47.5 Å². The van der Waals surface area contributed by atoms with Crippen molar-refractivity contribution < 1.29 is 4.74 Å². The summed E-state index contributed by atoms with van der Waals surface area (Å²) in [7, 11) is 2.19. The Morgan fingerprint density at radius 3 is 1.88 bits per heavy atom. The molecule has 3 rings (SSSR count). The zero-order valence-corrected chi connectivity index (χ0v) is 18.5. The molecular weight excluding hydrogens is 306 g/mol. The molecule has 2 heterocycles. The maximum atomic E-state index is 6.12. The number of ether oxygens (including phenoxy) is 1. The van der Waals surface area contributed by atoms with Crippen LogP contribution in [-0.4, -0.2) is 30.7 Å². The van der Waals surface area contributed by atoms with Crippen LogP contribution in [0.1, 0.15) is 80.3 Å². The van der Waals surface area contributed by atoms with E-state index in [0.717, 1.165) is 19.6 Å². The maximum Gasteiger partial charge on any atom is 0.108 e. The molecule has 25 heavy (non-hydrogen) atoms. The van der Waals surface area contributed by atoms with E-state index in [1.807, 2.05) is 55.4 Å². The van der Waals surface area contributed by atoms with E-state index < -0.39 is 0 Å². The smallest absolute Gasteiger partial charge is 0.108 e. The molecule has 1 fully saturated rings. The van der Waals surface area contributed by atoms with E-state index in [1.165, 1.54) is 11.1 Å². The Morgan fingerprint density at radius 1 is 0.920 bits per heavy atom. The highest BCUT2D eigenvalue weighted by Crippen LogP contribution is 2.46. The molecule has 146 valence electrons. The number of likely N-dealkylation sites (N-methyl/N-ethyl adjacent to an activating group) is 1. The van der Waals surface area contributed by atoms with Gasteiger partial charge in [-0.3, -0.25) is 4.90 Å². The van der Waals surface area contributed by atoms with Crippen molar-refractivity contribution in [1.29, 1.82) is 0 Å². The van der Waals surface area contributed by atoms with E-state index in [0.29, 0.717) is 6.04 Å². The van der Waals surface area contributed by atoms with Crippen LogP contribution in [0, 0.1) is 0 Å². The Labute approximate surface area is 158 Å². The van der Waals surface area contributed by atoms with Crippen molar-refractivity contribution in [2.45, 2.75) is 80.4 Å². The zero-order valence-electron chi connectivity index (χ0n) is 18.5. The fourth-order valence-electron chi connectivity index (χ4n) is 3.21. The second-order valence-corrected chi connectivity index (χ2v) is 5.28. The van der Waals surface area contributed by atoms with Crippen LogP contribution in [0.4, 0.5) is 0 Å². The average Bonchev–Trinajstić information content (AvgIpc) is 3.24. The van der Waals surface area contributed by atoms with E-state index in [2.05, 4.69) is 55.3 Å². The minimum absolute atomic E-state index is 0.0831. The van der Waals surface area contributed by atoms with Gasteiger partial charge >= 0.3 is 0 Å². The van der Waals surface area contributed by atoms with Crippen molar-refractivity contribution in [2.75, 3.05) is 20.2 Å². The molecule has 0 radical (unpaired) electrons. The van der Waals surface area contributed by atoms with Crippen molar-refractivity contribution in [1.82, 2.24) is 4.90 Å². The lowest BCUT2D eigenvalue weighted by molar-refractivity contribution is -0.00120. The molecule has 0 N–H and O–H groups in total. The van der Waals surface area contributed by atoms with Gasteiger partial charge in [-0.05, 0) is 37.6 Å². The molecule has 1 aromatic carbocycles. The summed E-state index contributed by atoms with van der Waals surface area (Å²) in [5, 5.41) is 0. The Bertz CT molecular complexity index is 441. The second kappa shape index (κ2) is 15.2. The summed E-state index contributed by atoms with van der Waals surface area (Å²) in [6.07, 6.45) is 3.44. The van der Waals surface area contributed by atoms with Gasteiger partial charge < -0.3 is 4.74 Å². The van der Waals surface area contributed by atoms with E-state index in [1.54, 1.807) is 0 Å². The van der Waals surface area contributed by atoms with Gasteiger partial charge in [-0.1, -0.05) is 85.7 Å². The van der Waals surface area contributed by atoms with Gasteiger partial charge in [-0.15, -0.1) is 0 Å². The van der Waals surface area contributed by atoms with Gasteiger partial charge in [0.15, 0.2) is 0 Å².